The van der Waals surface area contributed by atoms with Gasteiger partial charge in [0.1, 0.15) is 12.4 Å². The van der Waals surface area contributed by atoms with Crippen LogP contribution in [-0.2, 0) is 13.2 Å². The van der Waals surface area contributed by atoms with Crippen LogP contribution in [0.25, 0.3) is 0 Å². The van der Waals surface area contributed by atoms with Crippen molar-refractivity contribution < 1.29 is 18.7 Å². The summed E-state index contributed by atoms with van der Waals surface area (Å²) in [6.45, 7) is 0.567. The molecule has 0 aliphatic rings. The molecule has 6 nitrogen and oxygen atoms in total. The molecular weight excluding hydrogens is 409 g/mol. The minimum Gasteiger partial charge on any atom is -0.493 e. The summed E-state index contributed by atoms with van der Waals surface area (Å²) in [6.07, 6.45) is 1.69. The molecule has 0 saturated carbocycles. The monoisotopic (exact) mass is 431 g/mol. The van der Waals surface area contributed by atoms with Crippen molar-refractivity contribution in [3.63, 3.8) is 0 Å². The van der Waals surface area contributed by atoms with Gasteiger partial charge in [-0.15, -0.1) is 0 Å². The van der Waals surface area contributed by atoms with Crippen LogP contribution in [0.5, 0.6) is 11.5 Å². The average molecular weight is 431 g/mol. The Morgan fingerprint density at radius 2 is 1.78 bits per heavy atom. The van der Waals surface area contributed by atoms with Gasteiger partial charge in [-0.2, -0.15) is 5.10 Å². The standard InChI is InChI=1S/C25H22FN3O3/c1-31-22-11-4-5-12-23(22)32-17-18-7-6-9-19(15-18)25(30)27-24-13-14-29(28-24)16-20-8-2-3-10-21(20)26/h2-15H,16-17H2,1H3,(H,27,28,30). The van der Waals surface area contributed by atoms with Crippen molar-refractivity contribution >= 4 is 11.7 Å². The fourth-order valence-electron chi connectivity index (χ4n) is 3.21. The van der Waals surface area contributed by atoms with Crippen molar-refractivity contribution in [3.05, 3.63) is 108 Å². The summed E-state index contributed by atoms with van der Waals surface area (Å²) in [5.74, 6) is 1.08. The van der Waals surface area contributed by atoms with Gasteiger partial charge < -0.3 is 14.8 Å². The Hall–Kier alpha value is -4.13. The predicted octanol–water partition coefficient (Wildman–Crippen LogP) is 4.91. The molecule has 1 amide bonds. The van der Waals surface area contributed by atoms with E-state index in [4.69, 9.17) is 9.47 Å². The highest BCUT2D eigenvalue weighted by molar-refractivity contribution is 6.03. The van der Waals surface area contributed by atoms with E-state index >= 15 is 0 Å². The quantitative estimate of drug-likeness (QED) is 0.431. The van der Waals surface area contributed by atoms with Gasteiger partial charge in [-0.05, 0) is 35.9 Å². The van der Waals surface area contributed by atoms with Crippen LogP contribution in [-0.4, -0.2) is 22.8 Å². The SMILES string of the molecule is COc1ccccc1OCc1cccc(C(=O)Nc2ccn(Cc3ccccc3F)n2)c1. The Balaban J connectivity index is 1.39. The van der Waals surface area contributed by atoms with Crippen molar-refractivity contribution in [1.29, 1.82) is 0 Å². The summed E-state index contributed by atoms with van der Waals surface area (Å²) in [7, 11) is 1.59. The number of nitrogens with zero attached hydrogens (tertiary/aromatic N) is 2. The Morgan fingerprint density at radius 3 is 2.59 bits per heavy atom. The summed E-state index contributed by atoms with van der Waals surface area (Å²) in [6, 6.07) is 22.8. The van der Waals surface area contributed by atoms with Gasteiger partial charge in [-0.1, -0.05) is 42.5 Å². The van der Waals surface area contributed by atoms with Gasteiger partial charge in [0.25, 0.3) is 5.91 Å². The second-order valence-electron chi connectivity index (χ2n) is 7.08. The van der Waals surface area contributed by atoms with Crippen LogP contribution >= 0.6 is 0 Å². The van der Waals surface area contributed by atoms with Gasteiger partial charge in [0, 0.05) is 23.4 Å². The molecule has 162 valence electrons. The molecule has 0 unspecified atom stereocenters. The highest BCUT2D eigenvalue weighted by atomic mass is 19.1. The summed E-state index contributed by atoms with van der Waals surface area (Å²) in [4.78, 5) is 12.7. The number of methoxy groups -OCH3 is 1. The van der Waals surface area contributed by atoms with Crippen LogP contribution in [0.2, 0.25) is 0 Å². The molecule has 0 saturated heterocycles. The highest BCUT2D eigenvalue weighted by Gasteiger charge is 2.11. The summed E-state index contributed by atoms with van der Waals surface area (Å²) in [5.41, 5.74) is 1.85. The smallest absolute Gasteiger partial charge is 0.256 e. The van der Waals surface area contributed by atoms with Crippen molar-refractivity contribution in [3.8, 4) is 11.5 Å². The van der Waals surface area contributed by atoms with E-state index in [1.165, 1.54) is 6.07 Å². The molecule has 4 rings (SSSR count). The lowest BCUT2D eigenvalue weighted by atomic mass is 10.1. The number of hydrogen-bond acceptors (Lipinski definition) is 4. The minimum absolute atomic E-state index is 0.276. The molecule has 0 aliphatic carbocycles. The Labute approximate surface area is 185 Å². The van der Waals surface area contributed by atoms with E-state index in [1.54, 1.807) is 60.5 Å². The van der Waals surface area contributed by atoms with Crippen molar-refractivity contribution in [2.45, 2.75) is 13.2 Å². The van der Waals surface area contributed by atoms with E-state index in [0.29, 0.717) is 35.1 Å². The zero-order valence-electron chi connectivity index (χ0n) is 17.5. The van der Waals surface area contributed by atoms with Gasteiger partial charge in [0.2, 0.25) is 0 Å². The number of halogens is 1. The zero-order chi connectivity index (χ0) is 22.3. The molecule has 0 aliphatic heterocycles. The molecule has 0 bridgehead atoms. The number of hydrogen-bond donors (Lipinski definition) is 1. The lowest BCUT2D eigenvalue weighted by Crippen LogP contribution is -2.13. The van der Waals surface area contributed by atoms with Crippen LogP contribution in [0.4, 0.5) is 10.2 Å². The van der Waals surface area contributed by atoms with Gasteiger partial charge >= 0.3 is 0 Å². The Morgan fingerprint density at radius 1 is 1.00 bits per heavy atom. The molecule has 0 fully saturated rings. The maximum absolute atomic E-state index is 13.8. The number of ether oxygens (including phenoxy) is 2. The van der Waals surface area contributed by atoms with E-state index in [-0.39, 0.29) is 18.3 Å². The second kappa shape index (κ2) is 9.78. The first-order valence-corrected chi connectivity index (χ1v) is 10.1. The molecule has 1 N–H and O–H groups in total. The van der Waals surface area contributed by atoms with E-state index in [2.05, 4.69) is 10.4 Å². The number of para-hydroxylation sites is 2. The number of carbonyl (C=O) groups excluding carboxylic acids is 1. The fourth-order valence-corrected chi connectivity index (χ4v) is 3.21. The Kier molecular flexibility index (Phi) is 6.46. The summed E-state index contributed by atoms with van der Waals surface area (Å²) >= 11 is 0. The maximum Gasteiger partial charge on any atom is 0.256 e. The van der Waals surface area contributed by atoms with Gasteiger partial charge in [-0.25, -0.2) is 4.39 Å². The average Bonchev–Trinajstić information content (AvgIpc) is 3.26. The molecular formula is C25H22FN3O3. The van der Waals surface area contributed by atoms with Crippen molar-refractivity contribution in [2.24, 2.45) is 0 Å². The number of carbonyl (C=O) groups is 1. The molecule has 4 aromatic rings. The normalized spacial score (nSPS) is 10.6. The van der Waals surface area contributed by atoms with E-state index in [1.807, 2.05) is 30.3 Å². The van der Waals surface area contributed by atoms with Gasteiger partial charge in [0.05, 0.1) is 13.7 Å². The molecule has 3 aromatic carbocycles. The highest BCUT2D eigenvalue weighted by Crippen LogP contribution is 2.26. The number of aromatic nitrogens is 2. The minimum atomic E-state index is -0.291. The van der Waals surface area contributed by atoms with Crippen molar-refractivity contribution in [1.82, 2.24) is 9.78 Å². The number of benzene rings is 3. The molecule has 0 atom stereocenters. The number of nitrogens with one attached hydrogen (secondary N) is 1. The van der Waals surface area contributed by atoms with Crippen LogP contribution in [0.15, 0.2) is 85.1 Å². The lowest BCUT2D eigenvalue weighted by Gasteiger charge is -2.11. The summed E-state index contributed by atoms with van der Waals surface area (Å²) in [5, 5.41) is 7.08. The van der Waals surface area contributed by atoms with E-state index in [9.17, 15) is 9.18 Å². The van der Waals surface area contributed by atoms with Gasteiger partial charge in [0.15, 0.2) is 17.3 Å². The molecule has 0 radical (unpaired) electrons. The topological polar surface area (TPSA) is 65.4 Å². The fraction of sp³-hybridized carbons (Fsp3) is 0.120. The number of amides is 1. The van der Waals surface area contributed by atoms with Crippen LogP contribution < -0.4 is 14.8 Å². The predicted molar refractivity (Wildman–Crippen MR) is 119 cm³/mol. The first-order valence-electron chi connectivity index (χ1n) is 10.1. The third kappa shape index (κ3) is 5.13. The molecule has 1 heterocycles. The maximum atomic E-state index is 13.8. The molecule has 32 heavy (non-hydrogen) atoms. The van der Waals surface area contributed by atoms with Crippen molar-refractivity contribution in [2.75, 3.05) is 12.4 Å². The third-order valence-electron chi connectivity index (χ3n) is 4.83. The third-order valence-corrected chi connectivity index (χ3v) is 4.83. The molecule has 0 spiro atoms. The van der Waals surface area contributed by atoms with Crippen LogP contribution in [0, 0.1) is 5.82 Å². The van der Waals surface area contributed by atoms with Gasteiger partial charge in [-0.3, -0.25) is 9.48 Å². The largest absolute Gasteiger partial charge is 0.493 e. The molecule has 1 aromatic heterocycles. The summed E-state index contributed by atoms with van der Waals surface area (Å²) < 4.78 is 26.5. The number of rotatable bonds is 8. The second-order valence-corrected chi connectivity index (χ2v) is 7.08. The molecule has 7 heteroatoms. The zero-order valence-corrected chi connectivity index (χ0v) is 17.5. The van der Waals surface area contributed by atoms with Crippen LogP contribution in [0.1, 0.15) is 21.5 Å². The number of anilines is 1. The lowest BCUT2D eigenvalue weighted by molar-refractivity contribution is 0.102. The van der Waals surface area contributed by atoms with E-state index < -0.39 is 0 Å². The van der Waals surface area contributed by atoms with Crippen LogP contribution in [0.3, 0.4) is 0 Å². The first kappa shape index (κ1) is 21.1. The van der Waals surface area contributed by atoms with E-state index in [0.717, 1.165) is 5.56 Å². The Bertz CT molecular complexity index is 1220. The first-order chi connectivity index (χ1) is 15.6.